The number of ketones is 1. The second kappa shape index (κ2) is 6.58. The molecule has 0 N–H and O–H groups in total. The molecule has 0 saturated carbocycles. The molecule has 1 saturated heterocycles. The number of hydrogen-bond acceptors (Lipinski definition) is 5. The van der Waals surface area contributed by atoms with E-state index in [-0.39, 0.29) is 11.5 Å². The van der Waals surface area contributed by atoms with Crippen molar-refractivity contribution >= 4 is 11.5 Å². The third-order valence-corrected chi connectivity index (χ3v) is 3.61. The van der Waals surface area contributed by atoms with Gasteiger partial charge in [-0.3, -0.25) is 19.8 Å². The minimum Gasteiger partial charge on any atom is -0.381 e. The number of ether oxygens (including phenoxy) is 1. The van der Waals surface area contributed by atoms with E-state index >= 15 is 0 Å². The molecular weight excluding hydrogens is 260 g/mol. The summed E-state index contributed by atoms with van der Waals surface area (Å²) in [6.07, 6.45) is 1.87. The second-order valence-corrected chi connectivity index (χ2v) is 4.99. The first-order chi connectivity index (χ1) is 9.58. The Morgan fingerprint density at radius 2 is 1.95 bits per heavy atom. The molecule has 2 rings (SSSR count). The molecule has 0 bridgehead atoms. The summed E-state index contributed by atoms with van der Waals surface area (Å²) in [5.74, 6) is -0.0195. The van der Waals surface area contributed by atoms with E-state index in [0.717, 1.165) is 26.1 Å². The SMILES string of the molecule is CN(CC(=O)c1ccc([N+](=O)[O-])cc1)C1CCOCC1. The van der Waals surface area contributed by atoms with Crippen molar-refractivity contribution in [3.8, 4) is 0 Å². The highest BCUT2D eigenvalue weighted by molar-refractivity contribution is 5.97. The summed E-state index contributed by atoms with van der Waals surface area (Å²) in [4.78, 5) is 24.3. The fourth-order valence-electron chi connectivity index (χ4n) is 2.34. The van der Waals surface area contributed by atoms with Crippen LogP contribution in [0.1, 0.15) is 23.2 Å². The Hall–Kier alpha value is -1.79. The Bertz CT molecular complexity index is 480. The zero-order valence-corrected chi connectivity index (χ0v) is 11.4. The van der Waals surface area contributed by atoms with Crippen LogP contribution in [0, 0.1) is 10.1 Å². The Labute approximate surface area is 117 Å². The van der Waals surface area contributed by atoms with E-state index in [0.29, 0.717) is 18.2 Å². The topological polar surface area (TPSA) is 72.7 Å². The van der Waals surface area contributed by atoms with Crippen LogP contribution in [0.15, 0.2) is 24.3 Å². The summed E-state index contributed by atoms with van der Waals surface area (Å²) in [5.41, 5.74) is 0.508. The van der Waals surface area contributed by atoms with Crippen molar-refractivity contribution in [3.63, 3.8) is 0 Å². The van der Waals surface area contributed by atoms with E-state index in [4.69, 9.17) is 4.74 Å². The Morgan fingerprint density at radius 1 is 1.35 bits per heavy atom. The van der Waals surface area contributed by atoms with Crippen molar-refractivity contribution in [3.05, 3.63) is 39.9 Å². The largest absolute Gasteiger partial charge is 0.381 e. The lowest BCUT2D eigenvalue weighted by Crippen LogP contribution is -2.39. The van der Waals surface area contributed by atoms with Crippen molar-refractivity contribution in [1.29, 1.82) is 0 Å². The van der Waals surface area contributed by atoms with Gasteiger partial charge in [0.15, 0.2) is 5.78 Å². The van der Waals surface area contributed by atoms with Gasteiger partial charge in [0.05, 0.1) is 11.5 Å². The second-order valence-electron chi connectivity index (χ2n) is 4.99. The summed E-state index contributed by atoms with van der Waals surface area (Å²) in [6.45, 7) is 1.80. The van der Waals surface area contributed by atoms with E-state index in [1.807, 2.05) is 11.9 Å². The average Bonchev–Trinajstić information content (AvgIpc) is 2.48. The number of carbonyl (C=O) groups excluding carboxylic acids is 1. The first-order valence-electron chi connectivity index (χ1n) is 6.63. The molecule has 1 fully saturated rings. The predicted octanol–water partition coefficient (Wildman–Crippen LogP) is 1.89. The highest BCUT2D eigenvalue weighted by Crippen LogP contribution is 2.15. The summed E-state index contributed by atoms with van der Waals surface area (Å²) in [7, 11) is 1.93. The molecule has 0 spiro atoms. The van der Waals surface area contributed by atoms with Gasteiger partial charge in [0.1, 0.15) is 0 Å². The van der Waals surface area contributed by atoms with Gasteiger partial charge in [-0.1, -0.05) is 0 Å². The molecule has 0 aromatic heterocycles. The van der Waals surface area contributed by atoms with Crippen LogP contribution >= 0.6 is 0 Å². The van der Waals surface area contributed by atoms with Gasteiger partial charge in [0, 0.05) is 37.0 Å². The number of carbonyl (C=O) groups is 1. The smallest absolute Gasteiger partial charge is 0.269 e. The number of benzene rings is 1. The van der Waals surface area contributed by atoms with Crippen molar-refractivity contribution in [2.75, 3.05) is 26.8 Å². The van der Waals surface area contributed by atoms with Gasteiger partial charge < -0.3 is 4.74 Å². The number of nitro benzene ring substituents is 1. The van der Waals surface area contributed by atoms with E-state index in [1.165, 1.54) is 24.3 Å². The van der Waals surface area contributed by atoms with Crippen LogP contribution in [-0.4, -0.2) is 48.5 Å². The minimum absolute atomic E-state index is 0.000617. The Morgan fingerprint density at radius 3 is 2.50 bits per heavy atom. The molecule has 108 valence electrons. The van der Waals surface area contributed by atoms with Crippen LogP contribution in [-0.2, 0) is 4.74 Å². The molecule has 6 nitrogen and oxygen atoms in total. The number of non-ortho nitro benzene ring substituents is 1. The monoisotopic (exact) mass is 278 g/mol. The lowest BCUT2D eigenvalue weighted by Gasteiger charge is -2.30. The van der Waals surface area contributed by atoms with Gasteiger partial charge in [0.2, 0.25) is 0 Å². The summed E-state index contributed by atoms with van der Waals surface area (Å²) in [6, 6.07) is 6.12. The third-order valence-electron chi connectivity index (χ3n) is 3.61. The van der Waals surface area contributed by atoms with E-state index in [1.54, 1.807) is 0 Å². The molecule has 20 heavy (non-hydrogen) atoms. The van der Waals surface area contributed by atoms with Gasteiger partial charge in [-0.25, -0.2) is 0 Å². The molecule has 1 aromatic rings. The Balaban J connectivity index is 1.95. The number of rotatable bonds is 5. The van der Waals surface area contributed by atoms with Crippen LogP contribution < -0.4 is 0 Å². The molecule has 6 heteroatoms. The fraction of sp³-hybridized carbons (Fsp3) is 0.500. The van der Waals surface area contributed by atoms with E-state index in [9.17, 15) is 14.9 Å². The molecule has 1 aromatic carbocycles. The Kier molecular flexibility index (Phi) is 4.81. The maximum absolute atomic E-state index is 12.1. The molecule has 0 aliphatic carbocycles. The number of hydrogen-bond donors (Lipinski definition) is 0. The van der Waals surface area contributed by atoms with Crippen molar-refractivity contribution < 1.29 is 14.5 Å². The molecule has 0 atom stereocenters. The zero-order chi connectivity index (χ0) is 14.5. The highest BCUT2D eigenvalue weighted by atomic mass is 16.6. The standard InChI is InChI=1S/C14H18N2O4/c1-15(12-6-8-20-9-7-12)10-14(17)11-2-4-13(5-3-11)16(18)19/h2-5,12H,6-10H2,1H3. The molecule has 1 aliphatic rings. The zero-order valence-electron chi connectivity index (χ0n) is 11.4. The average molecular weight is 278 g/mol. The minimum atomic E-state index is -0.470. The van der Waals surface area contributed by atoms with Crippen LogP contribution in [0.3, 0.4) is 0 Å². The van der Waals surface area contributed by atoms with Crippen LogP contribution in [0.4, 0.5) is 5.69 Å². The van der Waals surface area contributed by atoms with Gasteiger partial charge in [-0.05, 0) is 32.0 Å². The van der Waals surface area contributed by atoms with Gasteiger partial charge in [0.25, 0.3) is 5.69 Å². The first-order valence-corrected chi connectivity index (χ1v) is 6.63. The van der Waals surface area contributed by atoms with E-state index < -0.39 is 4.92 Å². The molecule has 0 amide bonds. The third kappa shape index (κ3) is 3.61. The van der Waals surface area contributed by atoms with Crippen LogP contribution in [0.5, 0.6) is 0 Å². The van der Waals surface area contributed by atoms with Crippen molar-refractivity contribution in [2.45, 2.75) is 18.9 Å². The number of Topliss-reactive ketones (excluding diaryl/α,β-unsaturated/α-hetero) is 1. The quantitative estimate of drug-likeness (QED) is 0.467. The van der Waals surface area contributed by atoms with Crippen LogP contribution in [0.2, 0.25) is 0 Å². The first kappa shape index (κ1) is 14.6. The lowest BCUT2D eigenvalue weighted by molar-refractivity contribution is -0.384. The highest BCUT2D eigenvalue weighted by Gasteiger charge is 2.21. The number of nitrogens with zero attached hydrogens (tertiary/aromatic N) is 2. The summed E-state index contributed by atoms with van der Waals surface area (Å²) >= 11 is 0. The molecule has 1 heterocycles. The molecule has 1 aliphatic heterocycles. The fourth-order valence-corrected chi connectivity index (χ4v) is 2.34. The molecular formula is C14H18N2O4. The lowest BCUT2D eigenvalue weighted by atomic mass is 10.1. The van der Waals surface area contributed by atoms with Gasteiger partial charge in [-0.2, -0.15) is 0 Å². The number of nitro groups is 1. The molecule has 0 unspecified atom stereocenters. The van der Waals surface area contributed by atoms with Crippen molar-refractivity contribution in [2.24, 2.45) is 0 Å². The van der Waals surface area contributed by atoms with Gasteiger partial charge in [-0.15, -0.1) is 0 Å². The molecule has 0 radical (unpaired) electrons. The summed E-state index contributed by atoms with van der Waals surface area (Å²) in [5, 5.41) is 10.6. The number of likely N-dealkylation sites (N-methyl/N-ethyl adjacent to an activating group) is 1. The van der Waals surface area contributed by atoms with Crippen molar-refractivity contribution in [1.82, 2.24) is 4.90 Å². The maximum Gasteiger partial charge on any atom is 0.269 e. The predicted molar refractivity (Wildman–Crippen MR) is 73.9 cm³/mol. The summed E-state index contributed by atoms with van der Waals surface area (Å²) < 4.78 is 5.30. The van der Waals surface area contributed by atoms with Crippen LogP contribution in [0.25, 0.3) is 0 Å². The maximum atomic E-state index is 12.1. The normalized spacial score (nSPS) is 16.3. The van der Waals surface area contributed by atoms with E-state index in [2.05, 4.69) is 0 Å². The van der Waals surface area contributed by atoms with Gasteiger partial charge >= 0.3 is 0 Å².